The Kier molecular flexibility index (Phi) is 6.80. The highest BCUT2D eigenvalue weighted by Gasteiger charge is 2.09. The lowest BCUT2D eigenvalue weighted by molar-refractivity contribution is 0.0995. The van der Waals surface area contributed by atoms with Crippen molar-refractivity contribution in [2.45, 2.75) is 25.5 Å². The summed E-state index contributed by atoms with van der Waals surface area (Å²) >= 11 is 0. The van der Waals surface area contributed by atoms with E-state index < -0.39 is 12.0 Å². The lowest BCUT2D eigenvalue weighted by Crippen LogP contribution is -2.16. The Morgan fingerprint density at radius 1 is 1.24 bits per heavy atom. The van der Waals surface area contributed by atoms with Gasteiger partial charge in [0.15, 0.2) is 0 Å². The number of nitrogens with two attached hydrogens (primary N) is 1. The minimum Gasteiger partial charge on any atom is -0.494 e. The van der Waals surface area contributed by atoms with Gasteiger partial charge in [0.1, 0.15) is 11.4 Å². The van der Waals surface area contributed by atoms with Gasteiger partial charge in [-0.2, -0.15) is 0 Å². The molecule has 0 bridgehead atoms. The predicted octanol–water partition coefficient (Wildman–Crippen LogP) is 2.27. The summed E-state index contributed by atoms with van der Waals surface area (Å²) < 4.78 is 12.5. The largest absolute Gasteiger partial charge is 0.494 e. The van der Waals surface area contributed by atoms with E-state index in [-0.39, 0.29) is 5.69 Å². The zero-order valence-electron chi connectivity index (χ0n) is 16.2. The van der Waals surface area contributed by atoms with Crippen LogP contribution in [0.15, 0.2) is 55.1 Å². The number of primary amides is 1. The third kappa shape index (κ3) is 5.79. The Morgan fingerprint density at radius 3 is 2.79 bits per heavy atom. The van der Waals surface area contributed by atoms with Crippen LogP contribution in [0, 0.1) is 0 Å². The molecule has 3 rings (SSSR count). The summed E-state index contributed by atoms with van der Waals surface area (Å²) in [4.78, 5) is 19.2. The van der Waals surface area contributed by atoms with Gasteiger partial charge >= 0.3 is 0 Å². The number of methoxy groups -OCH3 is 1. The van der Waals surface area contributed by atoms with Crippen LogP contribution in [-0.4, -0.2) is 45.4 Å². The molecule has 1 amide bonds. The maximum atomic E-state index is 11.0. The lowest BCUT2D eigenvalue weighted by Gasteiger charge is -2.12. The number of amides is 1. The first-order valence-electron chi connectivity index (χ1n) is 9.28. The average molecular weight is 396 g/mol. The van der Waals surface area contributed by atoms with Gasteiger partial charge in [-0.1, -0.05) is 12.1 Å². The molecule has 29 heavy (non-hydrogen) atoms. The number of aromatic nitrogens is 3. The molecule has 0 spiro atoms. The number of aliphatic hydroxyl groups is 1. The molecule has 8 heteroatoms. The Hall–Kier alpha value is -3.39. The number of rotatable bonds is 10. The van der Waals surface area contributed by atoms with Gasteiger partial charge in [0.05, 0.1) is 26.1 Å². The molecule has 0 aliphatic carbocycles. The van der Waals surface area contributed by atoms with E-state index in [4.69, 9.17) is 15.2 Å². The molecule has 2 aromatic heterocycles. The molecule has 1 aromatic carbocycles. The van der Waals surface area contributed by atoms with Crippen LogP contribution in [0.4, 0.5) is 0 Å². The van der Waals surface area contributed by atoms with E-state index in [0.717, 1.165) is 16.9 Å². The molecular weight excluding hydrogens is 372 g/mol. The van der Waals surface area contributed by atoms with Crippen molar-refractivity contribution in [3.8, 4) is 22.8 Å². The van der Waals surface area contributed by atoms with Gasteiger partial charge in [0.2, 0.25) is 5.88 Å². The second-order valence-electron chi connectivity index (χ2n) is 6.58. The lowest BCUT2D eigenvalue weighted by atomic mass is 10.1. The zero-order chi connectivity index (χ0) is 20.6. The van der Waals surface area contributed by atoms with Gasteiger partial charge in [-0.25, -0.2) is 9.97 Å². The number of imidazole rings is 1. The van der Waals surface area contributed by atoms with Gasteiger partial charge in [0.25, 0.3) is 5.91 Å². The molecule has 8 nitrogen and oxygen atoms in total. The minimum atomic E-state index is -0.584. The number of carbonyl (C=O) groups is 1. The number of hydrogen-bond acceptors (Lipinski definition) is 6. The van der Waals surface area contributed by atoms with Crippen LogP contribution in [0.2, 0.25) is 0 Å². The van der Waals surface area contributed by atoms with E-state index in [1.54, 1.807) is 17.9 Å². The average Bonchev–Trinajstić information content (AvgIpc) is 3.20. The Morgan fingerprint density at radius 2 is 2.10 bits per heavy atom. The van der Waals surface area contributed by atoms with Crippen molar-refractivity contribution >= 4 is 5.91 Å². The first-order valence-corrected chi connectivity index (χ1v) is 9.28. The van der Waals surface area contributed by atoms with Crippen LogP contribution < -0.4 is 15.2 Å². The maximum absolute atomic E-state index is 11.0. The van der Waals surface area contributed by atoms with Crippen molar-refractivity contribution in [1.29, 1.82) is 0 Å². The molecule has 2 heterocycles. The van der Waals surface area contributed by atoms with Crippen LogP contribution in [0.5, 0.6) is 11.6 Å². The van der Waals surface area contributed by atoms with Crippen molar-refractivity contribution < 1.29 is 19.4 Å². The monoisotopic (exact) mass is 396 g/mol. The third-order valence-corrected chi connectivity index (χ3v) is 4.37. The second-order valence-corrected chi connectivity index (χ2v) is 6.58. The van der Waals surface area contributed by atoms with Crippen molar-refractivity contribution in [1.82, 2.24) is 14.5 Å². The maximum Gasteiger partial charge on any atom is 0.268 e. The highest BCUT2D eigenvalue weighted by Crippen LogP contribution is 2.24. The molecule has 0 saturated heterocycles. The van der Waals surface area contributed by atoms with E-state index in [9.17, 15) is 9.90 Å². The van der Waals surface area contributed by atoms with Crippen molar-refractivity contribution in [2.24, 2.45) is 5.73 Å². The highest BCUT2D eigenvalue weighted by molar-refractivity contribution is 5.90. The van der Waals surface area contributed by atoms with E-state index in [1.165, 1.54) is 12.5 Å². The summed E-state index contributed by atoms with van der Waals surface area (Å²) in [5.41, 5.74) is 7.33. The van der Waals surface area contributed by atoms with Crippen LogP contribution in [0.25, 0.3) is 11.1 Å². The summed E-state index contributed by atoms with van der Waals surface area (Å²) in [6.45, 7) is 0.831. The predicted molar refractivity (Wildman–Crippen MR) is 108 cm³/mol. The van der Waals surface area contributed by atoms with Gasteiger partial charge in [-0.15, -0.1) is 0 Å². The van der Waals surface area contributed by atoms with Gasteiger partial charge in [0, 0.05) is 30.6 Å². The van der Waals surface area contributed by atoms with E-state index in [1.807, 2.05) is 36.4 Å². The topological polar surface area (TPSA) is 112 Å². The third-order valence-electron chi connectivity index (χ3n) is 4.37. The number of carbonyl (C=O) groups excluding carboxylic acids is 1. The molecule has 0 unspecified atom stereocenters. The highest BCUT2D eigenvalue weighted by atomic mass is 16.5. The molecule has 1 atom stereocenters. The van der Waals surface area contributed by atoms with Crippen molar-refractivity contribution in [3.05, 3.63) is 60.8 Å². The minimum absolute atomic E-state index is 0.187. The summed E-state index contributed by atoms with van der Waals surface area (Å²) in [6, 6.07) is 11.5. The quantitative estimate of drug-likeness (QED) is 0.509. The molecule has 0 aliphatic heterocycles. The Labute approximate surface area is 168 Å². The van der Waals surface area contributed by atoms with E-state index in [0.29, 0.717) is 31.9 Å². The first kappa shape index (κ1) is 20.3. The first-order chi connectivity index (χ1) is 14.0. The molecular formula is C21H24N4O4. The Bertz CT molecular complexity index is 940. The number of ether oxygens (including phenoxy) is 2. The van der Waals surface area contributed by atoms with Crippen LogP contribution in [0.3, 0.4) is 0 Å². The van der Waals surface area contributed by atoms with Gasteiger partial charge in [-0.05, 0) is 36.6 Å². The molecule has 3 N–H and O–H groups in total. The SMILES string of the molecule is COc1ccc(-c2cccc(OCCC[C@H](O)Cn3cnc(C(N)=O)c3)c2)cn1. The van der Waals surface area contributed by atoms with E-state index in [2.05, 4.69) is 9.97 Å². The van der Waals surface area contributed by atoms with E-state index >= 15 is 0 Å². The van der Waals surface area contributed by atoms with Crippen molar-refractivity contribution in [2.75, 3.05) is 13.7 Å². The second kappa shape index (κ2) is 9.70. The number of nitrogens with zero attached hydrogens (tertiary/aromatic N) is 3. The van der Waals surface area contributed by atoms with Gasteiger partial charge < -0.3 is 24.9 Å². The number of benzene rings is 1. The van der Waals surface area contributed by atoms with Gasteiger partial charge in [-0.3, -0.25) is 4.79 Å². The molecule has 0 saturated carbocycles. The summed E-state index contributed by atoms with van der Waals surface area (Å²) in [5.74, 6) is 0.745. The molecule has 0 aliphatic rings. The fourth-order valence-corrected chi connectivity index (χ4v) is 2.87. The summed E-state index contributed by atoms with van der Waals surface area (Å²) in [5, 5.41) is 10.1. The Balaban J connectivity index is 1.45. The van der Waals surface area contributed by atoms with Crippen molar-refractivity contribution in [3.63, 3.8) is 0 Å². The standard InChI is InChI=1S/C21H24N4O4/c1-28-20-8-7-16(11-23-20)15-4-2-6-18(10-15)29-9-3-5-17(26)12-25-13-19(21(22)27)24-14-25/h2,4,6-8,10-11,13-14,17,26H,3,5,9,12H2,1H3,(H2,22,27)/t17-/m0/s1. The molecule has 0 radical (unpaired) electrons. The van der Waals surface area contributed by atoms with Crippen LogP contribution in [0.1, 0.15) is 23.3 Å². The molecule has 152 valence electrons. The molecule has 0 fully saturated rings. The smallest absolute Gasteiger partial charge is 0.268 e. The fourth-order valence-electron chi connectivity index (χ4n) is 2.87. The summed E-state index contributed by atoms with van der Waals surface area (Å²) in [6.07, 6.45) is 5.46. The van der Waals surface area contributed by atoms with Crippen LogP contribution in [-0.2, 0) is 6.54 Å². The number of pyridine rings is 1. The number of hydrogen-bond donors (Lipinski definition) is 2. The zero-order valence-corrected chi connectivity index (χ0v) is 16.2. The fraction of sp³-hybridized carbons (Fsp3) is 0.286. The van der Waals surface area contributed by atoms with Crippen LogP contribution >= 0.6 is 0 Å². The summed E-state index contributed by atoms with van der Waals surface area (Å²) in [7, 11) is 1.58. The molecule has 3 aromatic rings. The normalized spacial score (nSPS) is 11.8. The number of aliphatic hydroxyl groups excluding tert-OH is 1.